The molecule has 0 atom stereocenters. The minimum absolute atomic E-state index is 0.258. The van der Waals surface area contributed by atoms with Gasteiger partial charge in [-0.05, 0) is 24.3 Å². The number of carboxylic acids is 1. The molecule has 2 aromatic rings. The fourth-order valence-corrected chi connectivity index (χ4v) is 1.45. The Morgan fingerprint density at radius 1 is 1.41 bits per heavy atom. The van der Waals surface area contributed by atoms with Crippen LogP contribution in [0.15, 0.2) is 24.3 Å². The molecule has 0 unspecified atom stereocenters. The fraction of sp³-hybridized carbons (Fsp3) is 0.182. The Kier molecular flexibility index (Phi) is 2.86. The van der Waals surface area contributed by atoms with Crippen LogP contribution in [0, 0.1) is 5.82 Å². The van der Waals surface area contributed by atoms with Crippen molar-refractivity contribution < 1.29 is 14.3 Å². The average Bonchev–Trinajstić information content (AvgIpc) is 2.74. The van der Waals surface area contributed by atoms with Crippen molar-refractivity contribution in [2.45, 2.75) is 13.3 Å². The highest BCUT2D eigenvalue weighted by Crippen LogP contribution is 2.11. The molecule has 5 nitrogen and oxygen atoms in total. The monoisotopic (exact) mass is 235 g/mol. The predicted molar refractivity (Wildman–Crippen MR) is 57.7 cm³/mol. The first kappa shape index (κ1) is 11.3. The van der Waals surface area contributed by atoms with Crippen LogP contribution in [0.5, 0.6) is 0 Å². The number of aryl methyl sites for hydroxylation is 1. The third-order valence-corrected chi connectivity index (χ3v) is 2.25. The number of rotatable bonds is 3. The van der Waals surface area contributed by atoms with Crippen LogP contribution < -0.4 is 0 Å². The van der Waals surface area contributed by atoms with Crippen LogP contribution in [-0.2, 0) is 6.42 Å². The van der Waals surface area contributed by atoms with Gasteiger partial charge in [-0.2, -0.15) is 0 Å². The van der Waals surface area contributed by atoms with E-state index in [0.717, 1.165) is 0 Å². The molecule has 17 heavy (non-hydrogen) atoms. The van der Waals surface area contributed by atoms with Gasteiger partial charge in [0.1, 0.15) is 11.6 Å². The number of halogens is 1. The summed E-state index contributed by atoms with van der Waals surface area (Å²) in [4.78, 5) is 14.7. The molecular weight excluding hydrogens is 225 g/mol. The molecule has 0 aliphatic rings. The second-order valence-corrected chi connectivity index (χ2v) is 3.40. The van der Waals surface area contributed by atoms with Gasteiger partial charge < -0.3 is 5.11 Å². The lowest BCUT2D eigenvalue weighted by Gasteiger charge is -2.03. The van der Waals surface area contributed by atoms with Crippen molar-refractivity contribution >= 4 is 5.97 Å². The number of aromatic carboxylic acids is 1. The average molecular weight is 235 g/mol. The summed E-state index contributed by atoms with van der Waals surface area (Å²) < 4.78 is 14.2. The molecule has 0 spiro atoms. The minimum atomic E-state index is -1.18. The number of hydrogen-bond donors (Lipinski definition) is 1. The zero-order chi connectivity index (χ0) is 12.4. The summed E-state index contributed by atoms with van der Waals surface area (Å²) in [7, 11) is 0. The molecule has 0 bridgehead atoms. The third kappa shape index (κ3) is 2.15. The van der Waals surface area contributed by atoms with Gasteiger partial charge in [-0.1, -0.05) is 6.92 Å². The van der Waals surface area contributed by atoms with E-state index in [-0.39, 0.29) is 11.6 Å². The molecule has 2 rings (SSSR count). The van der Waals surface area contributed by atoms with E-state index in [4.69, 9.17) is 5.11 Å². The number of benzene rings is 1. The number of carbonyl (C=O) groups is 1. The molecular formula is C11H10FN3O2. The highest BCUT2D eigenvalue weighted by atomic mass is 19.1. The van der Waals surface area contributed by atoms with E-state index >= 15 is 0 Å². The van der Waals surface area contributed by atoms with Gasteiger partial charge in [0.15, 0.2) is 0 Å². The number of nitrogens with zero attached hydrogens (tertiary/aromatic N) is 3. The van der Waals surface area contributed by atoms with E-state index in [1.807, 2.05) is 6.92 Å². The quantitative estimate of drug-likeness (QED) is 0.878. The lowest BCUT2D eigenvalue weighted by Crippen LogP contribution is -2.03. The number of hydrogen-bond acceptors (Lipinski definition) is 3. The smallest absolute Gasteiger partial charge is 0.375 e. The fourth-order valence-electron chi connectivity index (χ4n) is 1.45. The van der Waals surface area contributed by atoms with Crippen molar-refractivity contribution in [2.75, 3.05) is 0 Å². The third-order valence-electron chi connectivity index (χ3n) is 2.25. The van der Waals surface area contributed by atoms with Crippen LogP contribution in [0.1, 0.15) is 23.4 Å². The predicted octanol–water partition coefficient (Wildman–Crippen LogP) is 1.67. The van der Waals surface area contributed by atoms with Crippen LogP contribution >= 0.6 is 0 Å². The van der Waals surface area contributed by atoms with Crippen molar-refractivity contribution in [3.63, 3.8) is 0 Å². The SMILES string of the molecule is CCc1nc(C(=O)O)nn1-c1ccc(F)cc1. The maximum atomic E-state index is 12.8. The van der Waals surface area contributed by atoms with E-state index in [1.165, 1.54) is 28.9 Å². The number of aromatic nitrogens is 3. The van der Waals surface area contributed by atoms with Crippen LogP contribution in [0.25, 0.3) is 5.69 Å². The molecule has 88 valence electrons. The maximum Gasteiger partial charge on any atom is 0.375 e. The first-order valence-electron chi connectivity index (χ1n) is 5.07. The molecule has 0 amide bonds. The van der Waals surface area contributed by atoms with Crippen molar-refractivity contribution in [1.82, 2.24) is 14.8 Å². The molecule has 0 fully saturated rings. The second-order valence-electron chi connectivity index (χ2n) is 3.40. The Morgan fingerprint density at radius 2 is 2.06 bits per heavy atom. The summed E-state index contributed by atoms with van der Waals surface area (Å²) >= 11 is 0. The Balaban J connectivity index is 2.50. The molecule has 0 aliphatic heterocycles. The van der Waals surface area contributed by atoms with Crippen molar-refractivity contribution in [2.24, 2.45) is 0 Å². The van der Waals surface area contributed by atoms with Gasteiger partial charge >= 0.3 is 5.97 Å². The van der Waals surface area contributed by atoms with Gasteiger partial charge in [-0.25, -0.2) is 18.9 Å². The van der Waals surface area contributed by atoms with Gasteiger partial charge in [0, 0.05) is 6.42 Å². The highest BCUT2D eigenvalue weighted by Gasteiger charge is 2.15. The van der Waals surface area contributed by atoms with Gasteiger partial charge in [0.05, 0.1) is 5.69 Å². The van der Waals surface area contributed by atoms with E-state index in [2.05, 4.69) is 10.1 Å². The first-order valence-corrected chi connectivity index (χ1v) is 5.07. The molecule has 1 aromatic heterocycles. The molecule has 0 saturated heterocycles. The van der Waals surface area contributed by atoms with Gasteiger partial charge in [-0.15, -0.1) is 5.10 Å². The molecule has 1 aromatic carbocycles. The van der Waals surface area contributed by atoms with E-state index in [9.17, 15) is 9.18 Å². The van der Waals surface area contributed by atoms with Gasteiger partial charge in [0.2, 0.25) is 0 Å². The zero-order valence-electron chi connectivity index (χ0n) is 9.09. The van der Waals surface area contributed by atoms with Gasteiger partial charge in [0.25, 0.3) is 5.82 Å². The second kappa shape index (κ2) is 4.32. The van der Waals surface area contributed by atoms with Crippen LogP contribution in [-0.4, -0.2) is 25.8 Å². The molecule has 6 heteroatoms. The Bertz CT molecular complexity index is 548. The lowest BCUT2D eigenvalue weighted by atomic mass is 10.3. The van der Waals surface area contributed by atoms with Crippen LogP contribution in [0.2, 0.25) is 0 Å². The normalized spacial score (nSPS) is 10.5. The summed E-state index contributed by atoms with van der Waals surface area (Å²) in [6.45, 7) is 1.84. The van der Waals surface area contributed by atoms with Crippen LogP contribution in [0.3, 0.4) is 0 Å². The molecule has 0 radical (unpaired) electrons. The lowest BCUT2D eigenvalue weighted by molar-refractivity contribution is 0.0683. The van der Waals surface area contributed by atoms with E-state index in [0.29, 0.717) is 17.9 Å². The summed E-state index contributed by atoms with van der Waals surface area (Å²) in [5, 5.41) is 12.7. The summed E-state index contributed by atoms with van der Waals surface area (Å²) in [6, 6.07) is 5.62. The summed E-state index contributed by atoms with van der Waals surface area (Å²) in [5.41, 5.74) is 0.586. The van der Waals surface area contributed by atoms with Crippen molar-refractivity contribution in [1.29, 1.82) is 0 Å². The standard InChI is InChI=1S/C11H10FN3O2/c1-2-9-13-10(11(16)17)14-15(9)8-5-3-7(12)4-6-8/h3-6H,2H2,1H3,(H,16,17). The van der Waals surface area contributed by atoms with Crippen molar-refractivity contribution in [3.8, 4) is 5.69 Å². The number of carboxylic acid groups (broad SMARTS) is 1. The summed E-state index contributed by atoms with van der Waals surface area (Å²) in [6.07, 6.45) is 0.539. The largest absolute Gasteiger partial charge is 0.475 e. The Morgan fingerprint density at radius 3 is 2.59 bits per heavy atom. The first-order chi connectivity index (χ1) is 8.11. The summed E-state index contributed by atoms with van der Waals surface area (Å²) in [5.74, 6) is -1.27. The zero-order valence-corrected chi connectivity index (χ0v) is 9.09. The van der Waals surface area contributed by atoms with E-state index < -0.39 is 5.97 Å². The molecule has 0 aliphatic carbocycles. The van der Waals surface area contributed by atoms with E-state index in [1.54, 1.807) is 0 Å². The van der Waals surface area contributed by atoms with Crippen molar-refractivity contribution in [3.05, 3.63) is 41.7 Å². The molecule has 1 N–H and O–H groups in total. The minimum Gasteiger partial charge on any atom is -0.475 e. The maximum absolute atomic E-state index is 12.8. The van der Waals surface area contributed by atoms with Crippen LogP contribution in [0.4, 0.5) is 4.39 Å². The Hall–Kier alpha value is -2.24. The topological polar surface area (TPSA) is 68.0 Å². The highest BCUT2D eigenvalue weighted by molar-refractivity contribution is 5.83. The molecule has 1 heterocycles. The molecule has 0 saturated carbocycles. The van der Waals surface area contributed by atoms with Gasteiger partial charge in [-0.3, -0.25) is 0 Å². The Labute approximate surface area is 96.5 Å².